The van der Waals surface area contributed by atoms with Gasteiger partial charge in [-0.1, -0.05) is 29.3 Å². The highest BCUT2D eigenvalue weighted by molar-refractivity contribution is 6.43. The number of esters is 2. The van der Waals surface area contributed by atoms with Crippen LogP contribution in [0.4, 0.5) is 0 Å². The zero-order chi connectivity index (χ0) is 18.4. The maximum atomic E-state index is 12.0. The van der Waals surface area contributed by atoms with Crippen molar-refractivity contribution in [3.63, 3.8) is 0 Å². The van der Waals surface area contributed by atoms with Gasteiger partial charge in [0.05, 0.1) is 23.3 Å². The maximum absolute atomic E-state index is 12.0. The van der Waals surface area contributed by atoms with E-state index in [9.17, 15) is 9.59 Å². The molecule has 25 heavy (non-hydrogen) atoms. The van der Waals surface area contributed by atoms with E-state index in [1.54, 1.807) is 44.2 Å². The molecule has 2 rings (SSSR count). The van der Waals surface area contributed by atoms with Crippen molar-refractivity contribution < 1.29 is 23.5 Å². The van der Waals surface area contributed by atoms with E-state index in [4.69, 9.17) is 37.1 Å². The predicted molar refractivity (Wildman–Crippen MR) is 95.4 cm³/mol. The Morgan fingerprint density at radius 3 is 2.28 bits per heavy atom. The zero-order valence-electron chi connectivity index (χ0n) is 13.7. The Bertz CT molecular complexity index is 788. The lowest BCUT2D eigenvalue weighted by molar-refractivity contribution is -0.146. The van der Waals surface area contributed by atoms with E-state index in [0.29, 0.717) is 21.4 Å². The first kappa shape index (κ1) is 19.1. The third kappa shape index (κ3) is 4.65. The molecular formula is C18H16Cl2O5. The summed E-state index contributed by atoms with van der Waals surface area (Å²) in [7, 11) is 0. The van der Waals surface area contributed by atoms with Gasteiger partial charge < -0.3 is 13.9 Å². The summed E-state index contributed by atoms with van der Waals surface area (Å²) in [6, 6.07) is 8.42. The molecule has 0 bridgehead atoms. The molecule has 2 aromatic rings. The van der Waals surface area contributed by atoms with Crippen LogP contribution in [0.15, 0.2) is 40.3 Å². The van der Waals surface area contributed by atoms with Gasteiger partial charge in [-0.2, -0.15) is 0 Å². The van der Waals surface area contributed by atoms with Crippen LogP contribution < -0.4 is 0 Å². The van der Waals surface area contributed by atoms with Crippen molar-refractivity contribution in [2.45, 2.75) is 13.8 Å². The predicted octanol–water partition coefficient (Wildman–Crippen LogP) is 4.76. The van der Waals surface area contributed by atoms with Crippen molar-refractivity contribution in [2.75, 3.05) is 13.2 Å². The molecule has 132 valence electrons. The monoisotopic (exact) mass is 382 g/mol. The van der Waals surface area contributed by atoms with Gasteiger partial charge in [-0.05, 0) is 38.1 Å². The Balaban J connectivity index is 2.38. The third-order valence-electron chi connectivity index (χ3n) is 3.12. The summed E-state index contributed by atoms with van der Waals surface area (Å²) in [5.41, 5.74) is 0.351. The molecule has 1 heterocycles. The Morgan fingerprint density at radius 2 is 1.68 bits per heavy atom. The number of halogens is 2. The summed E-state index contributed by atoms with van der Waals surface area (Å²) in [5, 5.41) is 0.747. The number of benzene rings is 1. The fraction of sp³-hybridized carbons (Fsp3) is 0.222. The van der Waals surface area contributed by atoms with Gasteiger partial charge in [0.15, 0.2) is 0 Å². The Morgan fingerprint density at radius 1 is 1.04 bits per heavy atom. The second-order valence-electron chi connectivity index (χ2n) is 4.80. The average Bonchev–Trinajstić information content (AvgIpc) is 3.04. The normalized spacial score (nSPS) is 10.2. The number of carbonyl (C=O) groups excluding carboxylic acids is 2. The number of ether oxygens (including phenoxy) is 2. The Kier molecular flexibility index (Phi) is 6.67. The van der Waals surface area contributed by atoms with Gasteiger partial charge in [-0.15, -0.1) is 0 Å². The molecule has 0 radical (unpaired) electrons. The van der Waals surface area contributed by atoms with Crippen LogP contribution in [-0.4, -0.2) is 25.2 Å². The fourth-order valence-electron chi connectivity index (χ4n) is 2.03. The third-order valence-corrected chi connectivity index (χ3v) is 3.94. The van der Waals surface area contributed by atoms with E-state index in [1.807, 2.05) is 0 Å². The van der Waals surface area contributed by atoms with Crippen LogP contribution in [-0.2, 0) is 19.1 Å². The highest BCUT2D eigenvalue weighted by Gasteiger charge is 2.22. The molecule has 0 N–H and O–H groups in total. The second kappa shape index (κ2) is 8.74. The summed E-state index contributed by atoms with van der Waals surface area (Å²) in [6.45, 7) is 3.56. The maximum Gasteiger partial charge on any atom is 0.345 e. The first-order valence-corrected chi connectivity index (χ1v) is 8.33. The average molecular weight is 383 g/mol. The minimum Gasteiger partial charge on any atom is -0.462 e. The molecule has 1 aromatic heterocycles. The molecule has 7 heteroatoms. The summed E-state index contributed by atoms with van der Waals surface area (Å²) < 4.78 is 15.4. The van der Waals surface area contributed by atoms with Crippen LogP contribution in [0.25, 0.3) is 17.4 Å². The molecule has 0 saturated heterocycles. The van der Waals surface area contributed by atoms with E-state index in [-0.39, 0.29) is 24.5 Å². The summed E-state index contributed by atoms with van der Waals surface area (Å²) in [5.74, 6) is -0.827. The van der Waals surface area contributed by atoms with Crippen molar-refractivity contribution in [3.05, 3.63) is 51.7 Å². The molecule has 0 aliphatic heterocycles. The van der Waals surface area contributed by atoms with Crippen molar-refractivity contribution in [1.82, 2.24) is 0 Å². The number of furan rings is 1. The standard InChI is InChI=1S/C18H16Cl2O5/c1-3-23-17(21)13(18(22)24-4-2)10-11-8-9-15(25-11)12-6-5-7-14(19)16(12)20/h5-10H,3-4H2,1-2H3. The minimum absolute atomic E-state index is 0.136. The van der Waals surface area contributed by atoms with Crippen LogP contribution in [0.3, 0.4) is 0 Å². The van der Waals surface area contributed by atoms with Gasteiger partial charge in [0.2, 0.25) is 0 Å². The van der Waals surface area contributed by atoms with E-state index in [2.05, 4.69) is 0 Å². The van der Waals surface area contributed by atoms with Crippen molar-refractivity contribution in [1.29, 1.82) is 0 Å². The van der Waals surface area contributed by atoms with E-state index < -0.39 is 11.9 Å². The fourth-order valence-corrected chi connectivity index (χ4v) is 2.42. The van der Waals surface area contributed by atoms with E-state index >= 15 is 0 Å². The lowest BCUT2D eigenvalue weighted by Crippen LogP contribution is -2.18. The molecule has 5 nitrogen and oxygen atoms in total. The van der Waals surface area contributed by atoms with Crippen molar-refractivity contribution in [2.24, 2.45) is 0 Å². The quantitative estimate of drug-likeness (QED) is 0.311. The molecule has 0 spiro atoms. The van der Waals surface area contributed by atoms with E-state index in [0.717, 1.165) is 0 Å². The Hall–Kier alpha value is -2.24. The topological polar surface area (TPSA) is 65.7 Å². The first-order valence-electron chi connectivity index (χ1n) is 7.58. The molecule has 0 unspecified atom stereocenters. The van der Waals surface area contributed by atoms with Crippen molar-refractivity contribution in [3.8, 4) is 11.3 Å². The highest BCUT2D eigenvalue weighted by Crippen LogP contribution is 2.34. The number of hydrogen-bond acceptors (Lipinski definition) is 5. The van der Waals surface area contributed by atoms with Gasteiger partial charge in [0.25, 0.3) is 0 Å². The summed E-state index contributed by atoms with van der Waals surface area (Å²) >= 11 is 12.2. The van der Waals surface area contributed by atoms with Gasteiger partial charge in [0, 0.05) is 11.6 Å². The van der Waals surface area contributed by atoms with Crippen LogP contribution in [0.5, 0.6) is 0 Å². The van der Waals surface area contributed by atoms with Crippen molar-refractivity contribution >= 4 is 41.2 Å². The largest absolute Gasteiger partial charge is 0.462 e. The molecular weight excluding hydrogens is 367 g/mol. The SMILES string of the molecule is CCOC(=O)C(=Cc1ccc(-c2cccc(Cl)c2Cl)o1)C(=O)OCC. The molecule has 0 atom stereocenters. The smallest absolute Gasteiger partial charge is 0.345 e. The number of rotatable bonds is 6. The van der Waals surface area contributed by atoms with Gasteiger partial charge in [0.1, 0.15) is 17.1 Å². The molecule has 1 aromatic carbocycles. The zero-order valence-corrected chi connectivity index (χ0v) is 15.2. The number of hydrogen-bond donors (Lipinski definition) is 0. The number of carbonyl (C=O) groups is 2. The molecule has 0 aliphatic carbocycles. The molecule has 0 fully saturated rings. The second-order valence-corrected chi connectivity index (χ2v) is 5.59. The lowest BCUT2D eigenvalue weighted by Gasteiger charge is -2.06. The van der Waals surface area contributed by atoms with Crippen LogP contribution in [0.2, 0.25) is 10.0 Å². The minimum atomic E-state index is -0.778. The molecule has 0 saturated carbocycles. The summed E-state index contributed by atoms with van der Waals surface area (Å²) in [6.07, 6.45) is 1.28. The first-order chi connectivity index (χ1) is 12.0. The molecule has 0 amide bonds. The van der Waals surface area contributed by atoms with E-state index in [1.165, 1.54) is 6.08 Å². The lowest BCUT2D eigenvalue weighted by atomic mass is 10.2. The van der Waals surface area contributed by atoms with Gasteiger partial charge in [-0.25, -0.2) is 9.59 Å². The summed E-state index contributed by atoms with van der Waals surface area (Å²) in [4.78, 5) is 23.9. The van der Waals surface area contributed by atoms with Gasteiger partial charge >= 0.3 is 11.9 Å². The molecule has 0 aliphatic rings. The van der Waals surface area contributed by atoms with Crippen LogP contribution in [0, 0.1) is 0 Å². The highest BCUT2D eigenvalue weighted by atomic mass is 35.5. The Labute approximate surface area is 155 Å². The van der Waals surface area contributed by atoms with Crippen LogP contribution in [0.1, 0.15) is 19.6 Å². The van der Waals surface area contributed by atoms with Gasteiger partial charge in [-0.3, -0.25) is 0 Å². The van der Waals surface area contributed by atoms with Crippen LogP contribution >= 0.6 is 23.2 Å².